The number of benzene rings is 1. The van der Waals surface area contributed by atoms with Gasteiger partial charge in [-0.15, -0.1) is 0 Å². The van der Waals surface area contributed by atoms with Crippen LogP contribution in [0.25, 0.3) is 5.69 Å². The van der Waals surface area contributed by atoms with Gasteiger partial charge >= 0.3 is 6.18 Å². The highest BCUT2D eigenvalue weighted by Crippen LogP contribution is 2.31. The van der Waals surface area contributed by atoms with Gasteiger partial charge in [-0.1, -0.05) is 17.7 Å². The molecule has 0 atom stereocenters. The molecule has 0 aliphatic rings. The van der Waals surface area contributed by atoms with Crippen molar-refractivity contribution < 1.29 is 13.2 Å². The van der Waals surface area contributed by atoms with Gasteiger partial charge in [0.2, 0.25) is 0 Å². The fourth-order valence-corrected chi connectivity index (χ4v) is 1.99. The molecule has 2 rings (SSSR count). The monoisotopic (exact) mass is 274 g/mol. The second kappa shape index (κ2) is 4.31. The lowest BCUT2D eigenvalue weighted by Crippen LogP contribution is -2.07. The van der Waals surface area contributed by atoms with Crippen molar-refractivity contribution in [2.45, 2.75) is 20.0 Å². The molecule has 0 saturated carbocycles. The van der Waals surface area contributed by atoms with E-state index in [2.05, 4.69) is 5.10 Å². The molecule has 0 spiro atoms. The summed E-state index contributed by atoms with van der Waals surface area (Å²) in [6, 6.07) is 6.20. The number of hydrogen-bond acceptors (Lipinski definition) is 1. The third kappa shape index (κ3) is 2.51. The third-order valence-electron chi connectivity index (χ3n) is 2.41. The number of hydrogen-bond donors (Lipinski definition) is 0. The molecule has 0 bridgehead atoms. The summed E-state index contributed by atoms with van der Waals surface area (Å²) in [7, 11) is 0. The molecule has 0 aliphatic carbocycles. The van der Waals surface area contributed by atoms with Gasteiger partial charge in [-0.25, -0.2) is 4.68 Å². The second-order valence-electron chi connectivity index (χ2n) is 4.11. The maximum atomic E-state index is 12.5. The topological polar surface area (TPSA) is 17.8 Å². The summed E-state index contributed by atoms with van der Waals surface area (Å²) in [6.45, 7) is 3.72. The predicted molar refractivity (Wildman–Crippen MR) is 63.1 cm³/mol. The van der Waals surface area contributed by atoms with Crippen LogP contribution in [0.4, 0.5) is 13.2 Å². The minimum Gasteiger partial charge on any atom is -0.222 e. The Hall–Kier alpha value is -1.49. The van der Waals surface area contributed by atoms with Crippen molar-refractivity contribution in [3.63, 3.8) is 0 Å². The zero-order valence-electron chi connectivity index (χ0n) is 9.72. The normalized spacial score (nSPS) is 11.9. The third-order valence-corrected chi connectivity index (χ3v) is 2.68. The fourth-order valence-electron chi connectivity index (χ4n) is 1.75. The van der Waals surface area contributed by atoms with E-state index in [0.717, 1.165) is 21.9 Å². The Morgan fingerprint density at radius 2 is 1.61 bits per heavy atom. The molecule has 0 saturated heterocycles. The summed E-state index contributed by atoms with van der Waals surface area (Å²) >= 11 is 5.79. The van der Waals surface area contributed by atoms with Crippen LogP contribution in [0, 0.1) is 13.8 Å². The quantitative estimate of drug-likeness (QED) is 0.763. The number of aromatic nitrogens is 2. The summed E-state index contributed by atoms with van der Waals surface area (Å²) in [4.78, 5) is 0. The maximum absolute atomic E-state index is 12.5. The van der Waals surface area contributed by atoms with Crippen LogP contribution in [0.2, 0.25) is 5.15 Å². The Bertz CT molecular complexity index is 567. The first-order valence-corrected chi connectivity index (χ1v) is 5.56. The minimum atomic E-state index is -4.49. The van der Waals surface area contributed by atoms with Crippen LogP contribution in [-0.2, 0) is 6.18 Å². The average Bonchev–Trinajstić information content (AvgIpc) is 2.58. The standard InChI is InChI=1S/C12H10ClF3N2/c1-7-3-8(2)5-9(4-7)18-11(13)6-10(17-18)12(14,15)16/h3-6H,1-2H3. The summed E-state index contributed by atoms with van der Waals surface area (Å²) in [5.74, 6) is 0. The Balaban J connectivity index is 2.54. The van der Waals surface area contributed by atoms with Crippen molar-refractivity contribution in [1.82, 2.24) is 9.78 Å². The first-order valence-electron chi connectivity index (χ1n) is 5.19. The van der Waals surface area contributed by atoms with Crippen molar-refractivity contribution in [3.05, 3.63) is 46.2 Å². The fraction of sp³-hybridized carbons (Fsp3) is 0.250. The Morgan fingerprint density at radius 3 is 2.06 bits per heavy atom. The van der Waals surface area contributed by atoms with Crippen molar-refractivity contribution in [1.29, 1.82) is 0 Å². The largest absolute Gasteiger partial charge is 0.435 e. The molecule has 2 aromatic rings. The van der Waals surface area contributed by atoms with Crippen molar-refractivity contribution in [2.75, 3.05) is 0 Å². The number of alkyl halides is 3. The molecule has 18 heavy (non-hydrogen) atoms. The summed E-state index contributed by atoms with van der Waals surface area (Å²) in [5.41, 5.74) is 1.40. The van der Waals surface area contributed by atoms with Crippen LogP contribution >= 0.6 is 11.6 Å². The summed E-state index contributed by atoms with van der Waals surface area (Å²) in [5, 5.41) is 3.43. The SMILES string of the molecule is Cc1cc(C)cc(-n2nc(C(F)(F)F)cc2Cl)c1. The highest BCUT2D eigenvalue weighted by molar-refractivity contribution is 6.29. The lowest BCUT2D eigenvalue weighted by atomic mass is 10.1. The number of nitrogens with zero attached hydrogens (tertiary/aromatic N) is 2. The van der Waals surface area contributed by atoms with E-state index in [9.17, 15) is 13.2 Å². The van der Waals surface area contributed by atoms with Gasteiger partial charge in [-0.3, -0.25) is 0 Å². The van der Waals surface area contributed by atoms with Gasteiger partial charge in [-0.05, 0) is 37.1 Å². The van der Waals surface area contributed by atoms with Gasteiger partial charge < -0.3 is 0 Å². The van der Waals surface area contributed by atoms with Crippen LogP contribution < -0.4 is 0 Å². The molecule has 96 valence electrons. The van der Waals surface area contributed by atoms with Gasteiger partial charge in [0.05, 0.1) is 5.69 Å². The smallest absolute Gasteiger partial charge is 0.222 e. The molecule has 1 aromatic carbocycles. The number of rotatable bonds is 1. The molecule has 0 amide bonds. The molecule has 0 unspecified atom stereocenters. The van der Waals surface area contributed by atoms with Crippen LogP contribution in [0.1, 0.15) is 16.8 Å². The summed E-state index contributed by atoms with van der Waals surface area (Å²) in [6.07, 6.45) is -4.49. The zero-order chi connectivity index (χ0) is 13.5. The summed E-state index contributed by atoms with van der Waals surface area (Å²) < 4.78 is 38.7. The first kappa shape index (κ1) is 13.0. The van der Waals surface area contributed by atoms with E-state index >= 15 is 0 Å². The predicted octanol–water partition coefficient (Wildman–Crippen LogP) is 4.16. The van der Waals surface area contributed by atoms with Gasteiger partial charge in [0, 0.05) is 6.07 Å². The Morgan fingerprint density at radius 1 is 1.06 bits per heavy atom. The Labute approximate surface area is 107 Å². The van der Waals surface area contributed by atoms with E-state index < -0.39 is 11.9 Å². The lowest BCUT2D eigenvalue weighted by Gasteiger charge is -2.06. The zero-order valence-corrected chi connectivity index (χ0v) is 10.5. The molecular weight excluding hydrogens is 265 g/mol. The number of halogens is 4. The second-order valence-corrected chi connectivity index (χ2v) is 4.50. The van der Waals surface area contributed by atoms with E-state index in [1.54, 1.807) is 12.1 Å². The van der Waals surface area contributed by atoms with E-state index in [1.165, 1.54) is 0 Å². The van der Waals surface area contributed by atoms with E-state index in [0.29, 0.717) is 5.69 Å². The molecule has 0 fully saturated rings. The van der Waals surface area contributed by atoms with Crippen LogP contribution in [0.3, 0.4) is 0 Å². The molecule has 0 aliphatic heterocycles. The van der Waals surface area contributed by atoms with Crippen molar-refractivity contribution in [2.24, 2.45) is 0 Å². The van der Waals surface area contributed by atoms with E-state index in [-0.39, 0.29) is 5.15 Å². The highest BCUT2D eigenvalue weighted by atomic mass is 35.5. The Kier molecular flexibility index (Phi) is 3.11. The van der Waals surface area contributed by atoms with Crippen LogP contribution in [0.15, 0.2) is 24.3 Å². The first-order chi connectivity index (χ1) is 8.27. The molecular formula is C12H10ClF3N2. The van der Waals surface area contributed by atoms with Crippen LogP contribution in [0.5, 0.6) is 0 Å². The maximum Gasteiger partial charge on any atom is 0.435 e. The average molecular weight is 275 g/mol. The molecule has 6 heteroatoms. The van der Waals surface area contributed by atoms with E-state index in [4.69, 9.17) is 11.6 Å². The molecule has 1 aromatic heterocycles. The van der Waals surface area contributed by atoms with Crippen LogP contribution in [-0.4, -0.2) is 9.78 Å². The molecule has 1 heterocycles. The molecule has 0 N–H and O–H groups in total. The highest BCUT2D eigenvalue weighted by Gasteiger charge is 2.34. The van der Waals surface area contributed by atoms with Crippen molar-refractivity contribution in [3.8, 4) is 5.69 Å². The lowest BCUT2D eigenvalue weighted by molar-refractivity contribution is -0.141. The van der Waals surface area contributed by atoms with E-state index in [1.807, 2.05) is 19.9 Å². The van der Waals surface area contributed by atoms with Crippen molar-refractivity contribution >= 4 is 11.6 Å². The molecule has 2 nitrogen and oxygen atoms in total. The van der Waals surface area contributed by atoms with Gasteiger partial charge in [0.1, 0.15) is 5.15 Å². The molecule has 0 radical (unpaired) electrons. The minimum absolute atomic E-state index is 0.0627. The van der Waals surface area contributed by atoms with Gasteiger partial charge in [0.25, 0.3) is 0 Å². The number of aryl methyl sites for hydroxylation is 2. The van der Waals surface area contributed by atoms with Gasteiger partial charge in [0.15, 0.2) is 5.69 Å². The van der Waals surface area contributed by atoms with Gasteiger partial charge in [-0.2, -0.15) is 18.3 Å².